The number of carbonyl (C=O) groups excluding carboxylic acids is 1. The van der Waals surface area contributed by atoms with Crippen LogP contribution in [0.15, 0.2) is 60.7 Å². The lowest BCUT2D eigenvalue weighted by molar-refractivity contribution is -0.209. The molecule has 2 aromatic carbocycles. The smallest absolute Gasteiger partial charge is 0.381 e. The molecular formula is C18H18O4. The van der Waals surface area contributed by atoms with Crippen LogP contribution in [-0.4, -0.2) is 11.1 Å². The maximum atomic E-state index is 11.6. The molecule has 0 spiro atoms. The average Bonchev–Trinajstić information content (AvgIpc) is 2.54. The molecule has 0 amide bonds. The van der Waals surface area contributed by atoms with Gasteiger partial charge >= 0.3 is 5.97 Å². The first-order valence-electron chi connectivity index (χ1n) is 7.07. The van der Waals surface area contributed by atoms with Crippen LogP contribution in [0.5, 0.6) is 11.5 Å². The van der Waals surface area contributed by atoms with Crippen molar-refractivity contribution >= 4 is 5.97 Å². The number of phenols is 1. The lowest BCUT2D eigenvalue weighted by atomic mass is 10.0. The summed E-state index contributed by atoms with van der Waals surface area (Å²) in [5.74, 6) is -0.632. The summed E-state index contributed by atoms with van der Waals surface area (Å²) in [4.78, 5) is 21.3. The summed E-state index contributed by atoms with van der Waals surface area (Å²) >= 11 is 0. The average molecular weight is 298 g/mol. The molecule has 0 saturated heterocycles. The highest BCUT2D eigenvalue weighted by atomic mass is 17.2. The van der Waals surface area contributed by atoms with Gasteiger partial charge in [-0.3, -0.25) is 4.89 Å². The number of benzene rings is 2. The molecule has 0 unspecified atom stereocenters. The Morgan fingerprint density at radius 3 is 2.55 bits per heavy atom. The topological polar surface area (TPSA) is 55.8 Å². The Bertz CT molecular complexity index is 662. The maximum absolute atomic E-state index is 11.6. The highest BCUT2D eigenvalue weighted by Crippen LogP contribution is 2.36. The van der Waals surface area contributed by atoms with Crippen LogP contribution in [0.25, 0.3) is 11.1 Å². The quantitative estimate of drug-likeness (QED) is 0.492. The van der Waals surface area contributed by atoms with E-state index in [0.717, 1.165) is 12.0 Å². The molecule has 0 atom stereocenters. The Labute approximate surface area is 129 Å². The fourth-order valence-corrected chi connectivity index (χ4v) is 1.99. The van der Waals surface area contributed by atoms with Crippen LogP contribution in [0.3, 0.4) is 0 Å². The zero-order valence-corrected chi connectivity index (χ0v) is 12.4. The monoisotopic (exact) mass is 298 g/mol. The van der Waals surface area contributed by atoms with E-state index in [1.54, 1.807) is 12.1 Å². The van der Waals surface area contributed by atoms with Gasteiger partial charge in [-0.25, -0.2) is 9.68 Å². The van der Waals surface area contributed by atoms with Crippen LogP contribution >= 0.6 is 0 Å². The van der Waals surface area contributed by atoms with E-state index in [4.69, 9.17) is 9.78 Å². The van der Waals surface area contributed by atoms with Crippen molar-refractivity contribution < 1.29 is 19.7 Å². The molecule has 114 valence electrons. The minimum Gasteiger partial charge on any atom is -0.504 e. The van der Waals surface area contributed by atoms with Crippen molar-refractivity contribution in [2.24, 2.45) is 0 Å². The third kappa shape index (κ3) is 3.67. The van der Waals surface area contributed by atoms with E-state index in [1.807, 2.05) is 37.3 Å². The van der Waals surface area contributed by atoms with Gasteiger partial charge in [0.25, 0.3) is 0 Å². The number of para-hydroxylation sites is 1. The van der Waals surface area contributed by atoms with E-state index in [9.17, 15) is 9.90 Å². The minimum atomic E-state index is -0.633. The predicted molar refractivity (Wildman–Crippen MR) is 84.3 cm³/mol. The van der Waals surface area contributed by atoms with E-state index in [0.29, 0.717) is 17.6 Å². The van der Waals surface area contributed by atoms with Crippen molar-refractivity contribution in [1.82, 2.24) is 0 Å². The molecule has 2 rings (SSSR count). The first-order chi connectivity index (χ1) is 10.6. The first kappa shape index (κ1) is 15.6. The SMILES string of the molecule is C=C(CCC)C(=O)OOc1cccc(-c2ccccc2)c1O. The van der Waals surface area contributed by atoms with E-state index in [1.165, 1.54) is 6.07 Å². The van der Waals surface area contributed by atoms with Gasteiger partial charge in [0.2, 0.25) is 5.75 Å². The van der Waals surface area contributed by atoms with E-state index < -0.39 is 5.97 Å². The third-order valence-corrected chi connectivity index (χ3v) is 3.13. The fraction of sp³-hybridized carbons (Fsp3) is 0.167. The molecule has 0 aliphatic heterocycles. The summed E-state index contributed by atoms with van der Waals surface area (Å²) in [5.41, 5.74) is 1.77. The van der Waals surface area contributed by atoms with Gasteiger partial charge in [-0.1, -0.05) is 62.4 Å². The molecule has 4 heteroatoms. The number of phenolic OH excluding ortho intramolecular Hbond substituents is 1. The van der Waals surface area contributed by atoms with Gasteiger partial charge < -0.3 is 5.11 Å². The van der Waals surface area contributed by atoms with Crippen LogP contribution in [0.2, 0.25) is 0 Å². The van der Waals surface area contributed by atoms with Crippen molar-refractivity contribution in [1.29, 1.82) is 0 Å². The summed E-state index contributed by atoms with van der Waals surface area (Å²) in [6.45, 7) is 5.57. The normalized spacial score (nSPS) is 10.0. The van der Waals surface area contributed by atoms with Crippen molar-refractivity contribution in [3.8, 4) is 22.6 Å². The van der Waals surface area contributed by atoms with Gasteiger partial charge in [0.1, 0.15) is 0 Å². The van der Waals surface area contributed by atoms with Gasteiger partial charge in [-0.2, -0.15) is 0 Å². The van der Waals surface area contributed by atoms with Crippen molar-refractivity contribution in [2.75, 3.05) is 0 Å². The molecule has 0 aliphatic rings. The number of carbonyl (C=O) groups is 1. The van der Waals surface area contributed by atoms with Gasteiger partial charge in [-0.15, -0.1) is 0 Å². The summed E-state index contributed by atoms with van der Waals surface area (Å²) < 4.78 is 0. The highest BCUT2D eigenvalue weighted by molar-refractivity contribution is 5.87. The second-order valence-corrected chi connectivity index (χ2v) is 4.83. The Morgan fingerprint density at radius 2 is 1.86 bits per heavy atom. The zero-order chi connectivity index (χ0) is 15.9. The summed E-state index contributed by atoms with van der Waals surface area (Å²) in [6, 6.07) is 14.4. The molecule has 22 heavy (non-hydrogen) atoms. The largest absolute Gasteiger partial charge is 0.504 e. The maximum Gasteiger partial charge on any atom is 0.381 e. The van der Waals surface area contributed by atoms with E-state index in [-0.39, 0.29) is 11.5 Å². The molecular weight excluding hydrogens is 280 g/mol. The van der Waals surface area contributed by atoms with Crippen LogP contribution in [0.4, 0.5) is 0 Å². The predicted octanol–water partition coefficient (Wildman–Crippen LogP) is 4.25. The van der Waals surface area contributed by atoms with E-state index >= 15 is 0 Å². The lowest BCUT2D eigenvalue weighted by Crippen LogP contribution is -2.10. The Morgan fingerprint density at radius 1 is 1.14 bits per heavy atom. The molecule has 1 N–H and O–H groups in total. The highest BCUT2D eigenvalue weighted by Gasteiger charge is 2.14. The lowest BCUT2D eigenvalue weighted by Gasteiger charge is -2.10. The number of hydrogen-bond acceptors (Lipinski definition) is 4. The van der Waals surface area contributed by atoms with Gasteiger partial charge in [-0.05, 0) is 18.1 Å². The molecule has 0 heterocycles. The third-order valence-electron chi connectivity index (χ3n) is 3.13. The fourth-order valence-electron chi connectivity index (χ4n) is 1.99. The second-order valence-electron chi connectivity index (χ2n) is 4.83. The van der Waals surface area contributed by atoms with Gasteiger partial charge in [0, 0.05) is 11.1 Å². The molecule has 0 aromatic heterocycles. The summed E-state index contributed by atoms with van der Waals surface area (Å²) in [7, 11) is 0. The van der Waals surface area contributed by atoms with Crippen molar-refractivity contribution in [2.45, 2.75) is 19.8 Å². The molecule has 0 bridgehead atoms. The number of rotatable bonds is 6. The van der Waals surface area contributed by atoms with Crippen LogP contribution in [0, 0.1) is 0 Å². The second kappa shape index (κ2) is 7.31. The van der Waals surface area contributed by atoms with Crippen LogP contribution in [-0.2, 0) is 9.68 Å². The number of hydrogen-bond donors (Lipinski definition) is 1. The molecule has 0 aliphatic carbocycles. The molecule has 0 radical (unpaired) electrons. The standard InChI is InChI=1S/C18H18O4/c1-3-8-13(2)18(20)22-21-16-12-7-11-15(17(16)19)14-9-5-4-6-10-14/h4-7,9-12,19H,2-3,8H2,1H3. The van der Waals surface area contributed by atoms with Crippen LogP contribution < -0.4 is 4.89 Å². The first-order valence-corrected chi connectivity index (χ1v) is 7.07. The molecule has 4 nitrogen and oxygen atoms in total. The summed E-state index contributed by atoms with van der Waals surface area (Å²) in [5, 5.41) is 10.3. The summed E-state index contributed by atoms with van der Waals surface area (Å²) in [6.07, 6.45) is 1.33. The molecule has 2 aromatic rings. The van der Waals surface area contributed by atoms with E-state index in [2.05, 4.69) is 6.58 Å². The zero-order valence-electron chi connectivity index (χ0n) is 12.4. The van der Waals surface area contributed by atoms with Crippen molar-refractivity contribution in [3.63, 3.8) is 0 Å². The van der Waals surface area contributed by atoms with Gasteiger partial charge in [0.15, 0.2) is 5.75 Å². The Balaban J connectivity index is 2.13. The van der Waals surface area contributed by atoms with Crippen LogP contribution in [0.1, 0.15) is 19.8 Å². The molecule has 0 saturated carbocycles. The minimum absolute atomic E-state index is 0.0809. The number of aromatic hydroxyl groups is 1. The van der Waals surface area contributed by atoms with Crippen molar-refractivity contribution in [3.05, 3.63) is 60.7 Å². The Hall–Kier alpha value is -2.75. The Kier molecular flexibility index (Phi) is 5.20. The van der Waals surface area contributed by atoms with Gasteiger partial charge in [0.05, 0.1) is 0 Å². The molecule has 0 fully saturated rings.